The number of hydrogen-bond acceptors (Lipinski definition) is 4. The van der Waals surface area contributed by atoms with E-state index in [2.05, 4.69) is 20.8 Å². The minimum Gasteiger partial charge on any atom is -0.317 e. The normalized spacial score (nSPS) is 10.7. The number of hydrogen-bond donors (Lipinski definition) is 2. The first kappa shape index (κ1) is 15.4. The molecule has 3 rings (SSSR count). The second-order valence-corrected chi connectivity index (χ2v) is 4.93. The summed E-state index contributed by atoms with van der Waals surface area (Å²) in [6.45, 7) is 0. The maximum atomic E-state index is 12.0. The molecule has 0 saturated carbocycles. The highest BCUT2D eigenvalue weighted by Gasteiger charge is 2.14. The van der Waals surface area contributed by atoms with E-state index in [1.807, 2.05) is 36.4 Å². The highest BCUT2D eigenvalue weighted by atomic mass is 16.2. The van der Waals surface area contributed by atoms with E-state index >= 15 is 0 Å². The van der Waals surface area contributed by atoms with E-state index in [-0.39, 0.29) is 0 Å². The molecule has 2 aromatic carbocycles. The summed E-state index contributed by atoms with van der Waals surface area (Å²) in [6.07, 6.45) is 2.97. The molecule has 0 aliphatic rings. The number of amides is 2. The minimum absolute atomic E-state index is 0.571. The number of rotatable bonds is 3. The number of nitrogens with one attached hydrogen (secondary N) is 2. The zero-order chi connectivity index (χ0) is 16.8. The van der Waals surface area contributed by atoms with E-state index in [9.17, 15) is 9.59 Å². The Morgan fingerprint density at radius 3 is 2.54 bits per heavy atom. The fourth-order valence-electron chi connectivity index (χ4n) is 2.17. The van der Waals surface area contributed by atoms with Crippen molar-refractivity contribution >= 4 is 34.5 Å². The second-order valence-electron chi connectivity index (χ2n) is 4.93. The molecule has 0 unspecified atom stereocenters. The van der Waals surface area contributed by atoms with Crippen LogP contribution in [0.4, 0.5) is 5.69 Å². The Labute approximate surface area is 138 Å². The third-order valence-corrected chi connectivity index (χ3v) is 3.29. The van der Waals surface area contributed by atoms with Gasteiger partial charge in [0.05, 0.1) is 11.9 Å². The van der Waals surface area contributed by atoms with Crippen LogP contribution in [0.2, 0.25) is 0 Å². The molecule has 0 bridgehead atoms. The van der Waals surface area contributed by atoms with Gasteiger partial charge in [-0.05, 0) is 23.6 Å². The van der Waals surface area contributed by atoms with Crippen molar-refractivity contribution in [3.05, 3.63) is 72.6 Å². The third-order valence-electron chi connectivity index (χ3n) is 3.29. The number of hydrazone groups is 1. The molecule has 2 amide bonds. The summed E-state index contributed by atoms with van der Waals surface area (Å²) in [5.41, 5.74) is 3.33. The molecule has 0 fully saturated rings. The molecule has 1 aromatic heterocycles. The van der Waals surface area contributed by atoms with Gasteiger partial charge in [-0.15, -0.1) is 0 Å². The first-order chi connectivity index (χ1) is 11.7. The number of carbonyl (C=O) groups excluding carboxylic acids is 2. The highest BCUT2D eigenvalue weighted by Crippen LogP contribution is 2.22. The summed E-state index contributed by atoms with van der Waals surface area (Å²) in [7, 11) is 0. The fraction of sp³-hybridized carbons (Fsp3) is 0. The van der Waals surface area contributed by atoms with Crippen molar-refractivity contribution in [2.24, 2.45) is 5.10 Å². The SMILES string of the molecule is O=C(N/N=C\c1ccccn1)C(=O)Nc1cccc2ccccc12. The molecular weight excluding hydrogens is 304 g/mol. The molecule has 2 N–H and O–H groups in total. The van der Waals surface area contributed by atoms with Crippen LogP contribution in [0.15, 0.2) is 72.0 Å². The largest absolute Gasteiger partial charge is 0.329 e. The number of anilines is 1. The summed E-state index contributed by atoms with van der Waals surface area (Å²) in [5.74, 6) is -1.64. The summed E-state index contributed by atoms with van der Waals surface area (Å²) < 4.78 is 0. The van der Waals surface area contributed by atoms with Gasteiger partial charge in [0.2, 0.25) is 0 Å². The van der Waals surface area contributed by atoms with Gasteiger partial charge in [-0.1, -0.05) is 42.5 Å². The van der Waals surface area contributed by atoms with Crippen molar-refractivity contribution in [2.75, 3.05) is 5.32 Å². The monoisotopic (exact) mass is 318 g/mol. The lowest BCUT2D eigenvalue weighted by atomic mass is 10.1. The number of carbonyl (C=O) groups is 2. The molecule has 0 saturated heterocycles. The summed E-state index contributed by atoms with van der Waals surface area (Å²) in [5, 5.41) is 8.15. The van der Waals surface area contributed by atoms with Crippen molar-refractivity contribution in [1.82, 2.24) is 10.4 Å². The number of pyridine rings is 1. The summed E-state index contributed by atoms with van der Waals surface area (Å²) in [4.78, 5) is 27.8. The van der Waals surface area contributed by atoms with Gasteiger partial charge in [-0.25, -0.2) is 5.43 Å². The molecule has 0 aliphatic carbocycles. The van der Waals surface area contributed by atoms with Crippen LogP contribution in [-0.2, 0) is 9.59 Å². The van der Waals surface area contributed by atoms with Crippen LogP contribution in [0.5, 0.6) is 0 Å². The van der Waals surface area contributed by atoms with E-state index in [4.69, 9.17) is 0 Å². The predicted octanol–water partition coefficient (Wildman–Crippen LogP) is 2.32. The molecule has 0 atom stereocenters. The highest BCUT2D eigenvalue weighted by molar-refractivity contribution is 6.40. The van der Waals surface area contributed by atoms with Crippen molar-refractivity contribution in [3.8, 4) is 0 Å². The molecule has 1 heterocycles. The Morgan fingerprint density at radius 2 is 1.71 bits per heavy atom. The van der Waals surface area contributed by atoms with E-state index < -0.39 is 11.8 Å². The van der Waals surface area contributed by atoms with Crippen molar-refractivity contribution < 1.29 is 9.59 Å². The van der Waals surface area contributed by atoms with Gasteiger partial charge in [0.1, 0.15) is 0 Å². The van der Waals surface area contributed by atoms with Crippen molar-refractivity contribution in [3.63, 3.8) is 0 Å². The number of benzene rings is 2. The standard InChI is InChI=1S/C18H14N4O2/c23-17(18(24)22-20-12-14-8-3-4-11-19-14)21-16-10-5-7-13-6-1-2-9-15(13)16/h1-12H,(H,21,23)(H,22,24)/b20-12-. The Hall–Kier alpha value is -3.54. The van der Waals surface area contributed by atoms with E-state index in [1.165, 1.54) is 6.21 Å². The predicted molar refractivity (Wildman–Crippen MR) is 92.6 cm³/mol. The van der Waals surface area contributed by atoms with E-state index in [0.717, 1.165) is 10.8 Å². The van der Waals surface area contributed by atoms with Crippen LogP contribution in [-0.4, -0.2) is 23.0 Å². The van der Waals surface area contributed by atoms with Crippen molar-refractivity contribution in [2.45, 2.75) is 0 Å². The third kappa shape index (κ3) is 3.61. The van der Waals surface area contributed by atoms with Gasteiger partial charge >= 0.3 is 11.8 Å². The molecule has 118 valence electrons. The Bertz CT molecular complexity index is 902. The molecule has 0 spiro atoms. The van der Waals surface area contributed by atoms with Gasteiger partial charge in [-0.2, -0.15) is 5.10 Å². The molecule has 0 aliphatic heterocycles. The van der Waals surface area contributed by atoms with Gasteiger partial charge in [0, 0.05) is 17.3 Å². The molecular formula is C18H14N4O2. The Morgan fingerprint density at radius 1 is 0.917 bits per heavy atom. The molecule has 24 heavy (non-hydrogen) atoms. The Kier molecular flexibility index (Phi) is 4.57. The number of fused-ring (bicyclic) bond motifs is 1. The van der Waals surface area contributed by atoms with Crippen LogP contribution in [0, 0.1) is 0 Å². The summed E-state index contributed by atoms with van der Waals surface area (Å²) >= 11 is 0. The van der Waals surface area contributed by atoms with Crippen LogP contribution in [0.1, 0.15) is 5.69 Å². The zero-order valence-electron chi connectivity index (χ0n) is 12.6. The topological polar surface area (TPSA) is 83.5 Å². The van der Waals surface area contributed by atoms with Crippen LogP contribution < -0.4 is 10.7 Å². The number of aromatic nitrogens is 1. The van der Waals surface area contributed by atoms with Crippen LogP contribution in [0.25, 0.3) is 10.8 Å². The van der Waals surface area contributed by atoms with E-state index in [0.29, 0.717) is 11.4 Å². The molecule has 6 nitrogen and oxygen atoms in total. The van der Waals surface area contributed by atoms with Gasteiger partial charge in [0.25, 0.3) is 0 Å². The van der Waals surface area contributed by atoms with E-state index in [1.54, 1.807) is 30.5 Å². The first-order valence-electron chi connectivity index (χ1n) is 7.27. The quantitative estimate of drug-likeness (QED) is 0.441. The lowest BCUT2D eigenvalue weighted by molar-refractivity contribution is -0.136. The smallest absolute Gasteiger partial charge is 0.317 e. The number of nitrogens with zero attached hydrogens (tertiary/aromatic N) is 2. The van der Waals surface area contributed by atoms with Crippen LogP contribution >= 0.6 is 0 Å². The average molecular weight is 318 g/mol. The lowest BCUT2D eigenvalue weighted by Gasteiger charge is -2.07. The van der Waals surface area contributed by atoms with Gasteiger partial charge in [-0.3, -0.25) is 14.6 Å². The summed E-state index contributed by atoms with van der Waals surface area (Å²) in [6, 6.07) is 18.4. The lowest BCUT2D eigenvalue weighted by Crippen LogP contribution is -2.32. The minimum atomic E-state index is -0.852. The molecule has 6 heteroatoms. The Balaban J connectivity index is 1.66. The maximum absolute atomic E-state index is 12.0. The fourth-order valence-corrected chi connectivity index (χ4v) is 2.17. The van der Waals surface area contributed by atoms with Crippen molar-refractivity contribution in [1.29, 1.82) is 0 Å². The molecule has 3 aromatic rings. The molecule has 0 radical (unpaired) electrons. The van der Waals surface area contributed by atoms with Gasteiger partial charge in [0.15, 0.2) is 0 Å². The average Bonchev–Trinajstić information content (AvgIpc) is 2.63. The van der Waals surface area contributed by atoms with Gasteiger partial charge < -0.3 is 5.32 Å². The second kappa shape index (κ2) is 7.15. The zero-order valence-corrected chi connectivity index (χ0v) is 12.6. The first-order valence-corrected chi connectivity index (χ1v) is 7.27. The van der Waals surface area contributed by atoms with Crippen LogP contribution in [0.3, 0.4) is 0 Å². The maximum Gasteiger partial charge on any atom is 0.329 e.